The smallest absolute Gasteiger partial charge is 0.255 e. The van der Waals surface area contributed by atoms with E-state index in [1.165, 1.54) is 50.2 Å². The maximum Gasteiger partial charge on any atom is 0.255 e. The molecule has 1 saturated heterocycles. The lowest BCUT2D eigenvalue weighted by Gasteiger charge is -2.27. The summed E-state index contributed by atoms with van der Waals surface area (Å²) in [5.74, 6) is -2.13. The highest BCUT2D eigenvalue weighted by molar-refractivity contribution is 5.98. The fourth-order valence-corrected chi connectivity index (χ4v) is 3.08. The van der Waals surface area contributed by atoms with Gasteiger partial charge in [-0.25, -0.2) is 9.37 Å². The number of guanidine groups is 1. The first-order chi connectivity index (χ1) is 13.8. The van der Waals surface area contributed by atoms with Crippen molar-refractivity contribution in [1.29, 1.82) is 5.41 Å². The molecule has 1 aliphatic heterocycles. The predicted octanol–water partition coefficient (Wildman–Crippen LogP) is 1.66. The van der Waals surface area contributed by atoms with Crippen LogP contribution in [0, 0.1) is 24.0 Å². The second-order valence-electron chi connectivity index (χ2n) is 6.66. The summed E-state index contributed by atoms with van der Waals surface area (Å²) in [4.78, 5) is 24.3. The van der Waals surface area contributed by atoms with E-state index in [4.69, 9.17) is 10.1 Å². The van der Waals surface area contributed by atoms with Crippen molar-refractivity contribution in [1.82, 2.24) is 20.2 Å². The Balaban J connectivity index is 2.04. The first-order valence-electron chi connectivity index (χ1n) is 9.00. The Morgan fingerprint density at radius 3 is 2.59 bits per heavy atom. The van der Waals surface area contributed by atoms with E-state index in [0.717, 1.165) is 0 Å². The van der Waals surface area contributed by atoms with E-state index in [1.807, 2.05) is 0 Å². The third kappa shape index (κ3) is 4.25. The molecule has 0 bridgehead atoms. The van der Waals surface area contributed by atoms with Crippen molar-refractivity contribution in [3.8, 4) is 5.88 Å². The van der Waals surface area contributed by atoms with Crippen LogP contribution in [0.25, 0.3) is 0 Å². The molecule has 1 aromatic heterocycles. The highest BCUT2D eigenvalue weighted by Crippen LogP contribution is 2.25. The maximum absolute atomic E-state index is 14.1. The van der Waals surface area contributed by atoms with Crippen molar-refractivity contribution in [2.45, 2.75) is 12.8 Å². The van der Waals surface area contributed by atoms with Crippen LogP contribution >= 0.6 is 0 Å². The number of aryl methyl sites for hydroxylation is 1. The highest BCUT2D eigenvalue weighted by Gasteiger charge is 2.31. The zero-order chi connectivity index (χ0) is 21.1. The number of anilines is 1. The first-order valence-corrected chi connectivity index (χ1v) is 9.00. The summed E-state index contributed by atoms with van der Waals surface area (Å²) in [5, 5.41) is 10.9. The molecule has 10 heteroatoms. The second kappa shape index (κ2) is 8.38. The lowest BCUT2D eigenvalue weighted by Crippen LogP contribution is -2.43. The van der Waals surface area contributed by atoms with Crippen molar-refractivity contribution < 1.29 is 18.3 Å². The topological polar surface area (TPSA) is 94.4 Å². The summed E-state index contributed by atoms with van der Waals surface area (Å²) in [6, 6.07) is 5.64. The van der Waals surface area contributed by atoms with Crippen LogP contribution in [0.5, 0.6) is 5.88 Å². The van der Waals surface area contributed by atoms with Crippen LogP contribution in [-0.2, 0) is 4.79 Å². The van der Waals surface area contributed by atoms with Crippen LogP contribution in [0.1, 0.15) is 17.2 Å². The van der Waals surface area contributed by atoms with Crippen LogP contribution in [0.3, 0.4) is 0 Å². The number of amides is 1. The van der Waals surface area contributed by atoms with Gasteiger partial charge in [0.2, 0.25) is 17.7 Å². The van der Waals surface area contributed by atoms with Crippen molar-refractivity contribution in [2.24, 2.45) is 0 Å². The van der Waals surface area contributed by atoms with E-state index < -0.39 is 17.6 Å². The monoisotopic (exact) mass is 404 g/mol. The molecule has 1 aliphatic rings. The zero-order valence-corrected chi connectivity index (χ0v) is 16.4. The van der Waals surface area contributed by atoms with Gasteiger partial charge in [0, 0.05) is 26.7 Å². The minimum atomic E-state index is -0.708. The SMILES string of the molecule is COc1nc(N2CCNC(=N)N(C)C(=O)[C@@H](c3ccc(F)cc3)C2)nc(C)c1F. The van der Waals surface area contributed by atoms with Crippen LogP contribution in [0.2, 0.25) is 0 Å². The summed E-state index contributed by atoms with van der Waals surface area (Å²) >= 11 is 0. The van der Waals surface area contributed by atoms with Gasteiger partial charge in [-0.15, -0.1) is 0 Å². The fraction of sp³-hybridized carbons (Fsp3) is 0.368. The molecule has 1 aromatic carbocycles. The van der Waals surface area contributed by atoms with Gasteiger partial charge in [0.05, 0.1) is 18.7 Å². The molecule has 1 atom stereocenters. The molecule has 0 saturated carbocycles. The van der Waals surface area contributed by atoms with Gasteiger partial charge in [-0.2, -0.15) is 9.37 Å². The molecule has 1 fully saturated rings. The van der Waals surface area contributed by atoms with Gasteiger partial charge in [-0.05, 0) is 24.6 Å². The molecule has 2 N–H and O–H groups in total. The Bertz CT molecular complexity index is 922. The summed E-state index contributed by atoms with van der Waals surface area (Å²) in [5.41, 5.74) is 0.711. The quantitative estimate of drug-likeness (QED) is 0.808. The third-order valence-corrected chi connectivity index (χ3v) is 4.76. The minimum absolute atomic E-state index is 0.0438. The number of nitrogens with one attached hydrogen (secondary N) is 2. The summed E-state index contributed by atoms with van der Waals surface area (Å²) in [6.45, 7) is 2.37. The molecule has 3 rings (SSSR count). The van der Waals surface area contributed by atoms with Crippen molar-refractivity contribution in [3.05, 3.63) is 47.2 Å². The van der Waals surface area contributed by atoms with Crippen LogP contribution in [0.15, 0.2) is 24.3 Å². The van der Waals surface area contributed by atoms with Gasteiger partial charge >= 0.3 is 0 Å². The lowest BCUT2D eigenvalue weighted by atomic mass is 9.97. The number of carbonyl (C=O) groups is 1. The van der Waals surface area contributed by atoms with Crippen molar-refractivity contribution in [3.63, 3.8) is 0 Å². The van der Waals surface area contributed by atoms with Crippen molar-refractivity contribution in [2.75, 3.05) is 38.7 Å². The first kappa shape index (κ1) is 20.4. The van der Waals surface area contributed by atoms with Gasteiger partial charge in [-0.1, -0.05) is 12.1 Å². The number of benzene rings is 1. The molecule has 2 aromatic rings. The number of rotatable bonds is 3. The molecule has 29 heavy (non-hydrogen) atoms. The number of hydrogen-bond acceptors (Lipinski definition) is 6. The third-order valence-electron chi connectivity index (χ3n) is 4.76. The maximum atomic E-state index is 14.1. The second-order valence-corrected chi connectivity index (χ2v) is 6.66. The van der Waals surface area contributed by atoms with Gasteiger partial charge in [0.15, 0.2) is 5.96 Å². The number of aromatic nitrogens is 2. The van der Waals surface area contributed by atoms with E-state index in [-0.39, 0.29) is 35.9 Å². The number of nitrogens with zero attached hydrogens (tertiary/aromatic N) is 4. The summed E-state index contributed by atoms with van der Waals surface area (Å²) in [7, 11) is 2.82. The number of halogens is 2. The fourth-order valence-electron chi connectivity index (χ4n) is 3.08. The molecule has 8 nitrogen and oxygen atoms in total. The van der Waals surface area contributed by atoms with E-state index in [0.29, 0.717) is 18.7 Å². The van der Waals surface area contributed by atoms with E-state index >= 15 is 0 Å². The standard InChI is InChI=1S/C19H22F2N6O2/c1-11-15(21)16(29-3)25-19(24-11)27-9-8-23-18(22)26(2)17(28)14(10-27)12-4-6-13(20)7-5-12/h4-7,14H,8-10H2,1-3H3,(H2,22,23)/t14-/m1/s1. The molecular weight excluding hydrogens is 382 g/mol. The van der Waals surface area contributed by atoms with E-state index in [1.54, 1.807) is 4.90 Å². The Labute approximate surface area is 167 Å². The Hall–Kier alpha value is -3.30. The minimum Gasteiger partial charge on any atom is -0.479 e. The van der Waals surface area contributed by atoms with Gasteiger partial charge in [0.25, 0.3) is 5.88 Å². The number of carbonyl (C=O) groups excluding carboxylic acids is 1. The van der Waals surface area contributed by atoms with E-state index in [9.17, 15) is 13.6 Å². The van der Waals surface area contributed by atoms with Crippen LogP contribution in [0.4, 0.5) is 14.7 Å². The normalized spacial score (nSPS) is 18.0. The highest BCUT2D eigenvalue weighted by atomic mass is 19.1. The Morgan fingerprint density at radius 2 is 1.93 bits per heavy atom. The summed E-state index contributed by atoms with van der Waals surface area (Å²) < 4.78 is 32.5. The molecule has 2 heterocycles. The van der Waals surface area contributed by atoms with Crippen molar-refractivity contribution >= 4 is 17.8 Å². The van der Waals surface area contributed by atoms with Gasteiger partial charge < -0.3 is 15.0 Å². The van der Waals surface area contributed by atoms with Crippen LogP contribution < -0.4 is 15.0 Å². The largest absolute Gasteiger partial charge is 0.479 e. The molecule has 0 spiro atoms. The molecule has 0 aliphatic carbocycles. The number of hydrogen-bond donors (Lipinski definition) is 2. The molecule has 154 valence electrons. The molecule has 0 unspecified atom stereocenters. The number of methoxy groups -OCH3 is 1. The molecule has 0 radical (unpaired) electrons. The Kier molecular flexibility index (Phi) is 5.90. The average Bonchev–Trinajstić information content (AvgIpc) is 2.76. The predicted molar refractivity (Wildman–Crippen MR) is 103 cm³/mol. The zero-order valence-electron chi connectivity index (χ0n) is 16.4. The number of likely N-dealkylation sites (N-methyl/N-ethyl adjacent to an activating group) is 1. The lowest BCUT2D eigenvalue weighted by molar-refractivity contribution is -0.127. The Morgan fingerprint density at radius 1 is 1.24 bits per heavy atom. The number of ether oxygens (including phenoxy) is 1. The van der Waals surface area contributed by atoms with Gasteiger partial charge in [-0.3, -0.25) is 15.1 Å². The summed E-state index contributed by atoms with van der Waals surface area (Å²) in [6.07, 6.45) is 0. The average molecular weight is 404 g/mol. The van der Waals surface area contributed by atoms with Gasteiger partial charge in [0.1, 0.15) is 5.82 Å². The molecule has 1 amide bonds. The van der Waals surface area contributed by atoms with E-state index in [2.05, 4.69) is 15.3 Å². The van der Waals surface area contributed by atoms with Crippen LogP contribution in [-0.4, -0.2) is 60.5 Å². The molecular formula is C19H22F2N6O2.